The van der Waals surface area contributed by atoms with E-state index in [2.05, 4.69) is 18.7 Å². The van der Waals surface area contributed by atoms with Crippen molar-refractivity contribution < 1.29 is 9.18 Å². The van der Waals surface area contributed by atoms with E-state index in [-0.39, 0.29) is 6.54 Å². The molecule has 1 rings (SSSR count). The molecule has 0 atom stereocenters. The molecule has 106 valence electrons. The number of hydrogen-bond donors (Lipinski definition) is 1. The third-order valence-corrected chi connectivity index (χ3v) is 3.72. The Morgan fingerprint density at radius 2 is 2.00 bits per heavy atom. The van der Waals surface area contributed by atoms with Gasteiger partial charge in [-0.2, -0.15) is 0 Å². The van der Waals surface area contributed by atoms with Crippen molar-refractivity contribution in [2.24, 2.45) is 11.7 Å². The fourth-order valence-corrected chi connectivity index (χ4v) is 2.31. The summed E-state index contributed by atoms with van der Waals surface area (Å²) in [4.78, 5) is 15.1. The number of carbonyl (C=O) groups is 1. The molecule has 0 spiro atoms. The van der Waals surface area contributed by atoms with Gasteiger partial charge < -0.3 is 5.73 Å². The summed E-state index contributed by atoms with van der Waals surface area (Å²) in [5, 5.41) is 0. The number of rotatable bonds is 6. The third kappa shape index (κ3) is 3.42. The first-order valence-electron chi connectivity index (χ1n) is 6.49. The van der Waals surface area contributed by atoms with E-state index in [4.69, 9.17) is 5.73 Å². The smallest absolute Gasteiger partial charge is 0.237 e. The van der Waals surface area contributed by atoms with E-state index in [1.807, 2.05) is 0 Å². The number of nitrogens with zero attached hydrogens (tertiary/aromatic N) is 2. The summed E-state index contributed by atoms with van der Waals surface area (Å²) >= 11 is 0. The van der Waals surface area contributed by atoms with Crippen molar-refractivity contribution in [3.63, 3.8) is 0 Å². The number of carbonyl (C=O) groups excluding carboxylic acids is 1. The highest BCUT2D eigenvalue weighted by molar-refractivity contribution is 5.83. The predicted octanol–water partition coefficient (Wildman–Crippen LogP) is 0.862. The Labute approximate surface area is 109 Å². The quantitative estimate of drug-likeness (QED) is 0.770. The first-order valence-corrected chi connectivity index (χ1v) is 6.49. The van der Waals surface area contributed by atoms with Crippen LogP contribution in [0.15, 0.2) is 0 Å². The zero-order valence-corrected chi connectivity index (χ0v) is 12.2. The van der Waals surface area contributed by atoms with Gasteiger partial charge >= 0.3 is 0 Å². The van der Waals surface area contributed by atoms with Crippen molar-refractivity contribution in [3.8, 4) is 0 Å². The fourth-order valence-electron chi connectivity index (χ4n) is 2.31. The Morgan fingerprint density at radius 1 is 1.50 bits per heavy atom. The highest BCUT2D eigenvalue weighted by Gasteiger charge is 2.46. The number of alkyl halides is 1. The zero-order chi connectivity index (χ0) is 14.1. The molecule has 1 aliphatic heterocycles. The Bertz CT molecular complexity index is 311. The number of halogens is 1. The van der Waals surface area contributed by atoms with E-state index in [1.54, 1.807) is 25.8 Å². The molecule has 1 heterocycles. The van der Waals surface area contributed by atoms with E-state index in [1.165, 1.54) is 0 Å². The van der Waals surface area contributed by atoms with Gasteiger partial charge in [-0.05, 0) is 26.8 Å². The van der Waals surface area contributed by atoms with Gasteiger partial charge in [0.25, 0.3) is 0 Å². The molecule has 0 aliphatic carbocycles. The lowest BCUT2D eigenvalue weighted by atomic mass is 9.92. The van der Waals surface area contributed by atoms with Gasteiger partial charge in [0, 0.05) is 26.2 Å². The second-order valence-corrected chi connectivity index (χ2v) is 6.49. The molecule has 2 N–H and O–H groups in total. The molecule has 0 aromatic heterocycles. The van der Waals surface area contributed by atoms with Crippen LogP contribution in [0.5, 0.6) is 0 Å². The maximum absolute atomic E-state index is 14.4. The van der Waals surface area contributed by atoms with Gasteiger partial charge in [0.05, 0.1) is 5.54 Å². The average molecular weight is 259 g/mol. The van der Waals surface area contributed by atoms with Crippen LogP contribution >= 0.6 is 0 Å². The standard InChI is InChI=1S/C13H26FN3O/c1-10(2)6-17-8-13(14,9-17)7-16(5)12(3,4)11(15)18/h10H,6-9H2,1-5H3,(H2,15,18). The van der Waals surface area contributed by atoms with Crippen LogP contribution in [0.2, 0.25) is 0 Å². The van der Waals surface area contributed by atoms with Crippen LogP contribution < -0.4 is 5.73 Å². The van der Waals surface area contributed by atoms with Crippen molar-refractivity contribution in [3.05, 3.63) is 0 Å². The summed E-state index contributed by atoms with van der Waals surface area (Å²) in [5.74, 6) is 0.126. The van der Waals surface area contributed by atoms with Crippen molar-refractivity contribution >= 4 is 5.91 Å². The van der Waals surface area contributed by atoms with E-state index in [9.17, 15) is 9.18 Å². The summed E-state index contributed by atoms with van der Waals surface area (Å²) in [6.45, 7) is 9.77. The van der Waals surface area contributed by atoms with Gasteiger partial charge in [-0.15, -0.1) is 0 Å². The molecular weight excluding hydrogens is 233 g/mol. The Morgan fingerprint density at radius 3 is 2.39 bits per heavy atom. The molecule has 1 amide bonds. The van der Waals surface area contributed by atoms with Crippen molar-refractivity contribution in [2.75, 3.05) is 33.2 Å². The van der Waals surface area contributed by atoms with Gasteiger partial charge in [0.2, 0.25) is 5.91 Å². The Kier molecular flexibility index (Phi) is 4.38. The molecule has 0 aromatic rings. The number of hydrogen-bond acceptors (Lipinski definition) is 3. The summed E-state index contributed by atoms with van der Waals surface area (Å²) in [7, 11) is 1.75. The van der Waals surface area contributed by atoms with E-state index in [0.29, 0.717) is 19.0 Å². The Hall–Kier alpha value is -0.680. The molecule has 1 saturated heterocycles. The highest BCUT2D eigenvalue weighted by atomic mass is 19.1. The number of amides is 1. The van der Waals surface area contributed by atoms with E-state index >= 15 is 0 Å². The molecule has 5 heteroatoms. The van der Waals surface area contributed by atoms with Crippen molar-refractivity contribution in [1.82, 2.24) is 9.80 Å². The molecular formula is C13H26FN3O. The second-order valence-electron chi connectivity index (χ2n) is 6.49. The molecule has 0 saturated carbocycles. The number of likely N-dealkylation sites (N-methyl/N-ethyl adjacent to an activating group) is 1. The Balaban J connectivity index is 2.47. The minimum atomic E-state index is -1.21. The lowest BCUT2D eigenvalue weighted by molar-refractivity contribution is -0.130. The molecule has 0 unspecified atom stereocenters. The maximum atomic E-state index is 14.4. The van der Waals surface area contributed by atoms with Crippen LogP contribution in [-0.4, -0.2) is 60.1 Å². The highest BCUT2D eigenvalue weighted by Crippen LogP contribution is 2.28. The second kappa shape index (κ2) is 5.13. The van der Waals surface area contributed by atoms with E-state index in [0.717, 1.165) is 6.54 Å². The third-order valence-electron chi connectivity index (χ3n) is 3.72. The largest absolute Gasteiger partial charge is 0.368 e. The van der Waals surface area contributed by atoms with Gasteiger partial charge in [0.1, 0.15) is 5.67 Å². The predicted molar refractivity (Wildman–Crippen MR) is 71.0 cm³/mol. The van der Waals surface area contributed by atoms with Gasteiger partial charge in [0.15, 0.2) is 0 Å². The summed E-state index contributed by atoms with van der Waals surface area (Å²) in [6, 6.07) is 0. The first kappa shape index (κ1) is 15.4. The minimum absolute atomic E-state index is 0.248. The van der Waals surface area contributed by atoms with Crippen molar-refractivity contribution in [2.45, 2.75) is 38.9 Å². The average Bonchev–Trinajstić information content (AvgIpc) is 2.13. The van der Waals surface area contributed by atoms with E-state index < -0.39 is 17.1 Å². The number of likely N-dealkylation sites (tertiary alicyclic amines) is 1. The van der Waals surface area contributed by atoms with Crippen LogP contribution in [0, 0.1) is 5.92 Å². The van der Waals surface area contributed by atoms with Crippen LogP contribution in [0.25, 0.3) is 0 Å². The molecule has 4 nitrogen and oxygen atoms in total. The number of primary amides is 1. The summed E-state index contributed by atoms with van der Waals surface area (Å²) < 4.78 is 14.4. The molecule has 18 heavy (non-hydrogen) atoms. The lowest BCUT2D eigenvalue weighted by Gasteiger charge is -2.48. The summed E-state index contributed by atoms with van der Waals surface area (Å²) in [5.41, 5.74) is 3.31. The van der Waals surface area contributed by atoms with Crippen molar-refractivity contribution in [1.29, 1.82) is 0 Å². The van der Waals surface area contributed by atoms with Crippen LogP contribution in [0.4, 0.5) is 4.39 Å². The molecule has 1 fully saturated rings. The topological polar surface area (TPSA) is 49.6 Å². The van der Waals surface area contributed by atoms with Crippen LogP contribution in [0.3, 0.4) is 0 Å². The molecule has 0 bridgehead atoms. The van der Waals surface area contributed by atoms with Gasteiger partial charge in [-0.1, -0.05) is 13.8 Å². The molecule has 0 radical (unpaired) electrons. The SMILES string of the molecule is CC(C)CN1CC(F)(CN(C)C(C)(C)C(N)=O)C1. The monoisotopic (exact) mass is 259 g/mol. The van der Waals surface area contributed by atoms with Crippen LogP contribution in [0.1, 0.15) is 27.7 Å². The maximum Gasteiger partial charge on any atom is 0.237 e. The van der Waals surface area contributed by atoms with Gasteiger partial charge in [-0.25, -0.2) is 4.39 Å². The van der Waals surface area contributed by atoms with Gasteiger partial charge in [-0.3, -0.25) is 14.6 Å². The fraction of sp³-hybridized carbons (Fsp3) is 0.923. The zero-order valence-electron chi connectivity index (χ0n) is 12.2. The lowest BCUT2D eigenvalue weighted by Crippen LogP contribution is -2.66. The first-order chi connectivity index (χ1) is 8.07. The summed E-state index contributed by atoms with van der Waals surface area (Å²) in [6.07, 6.45) is 0. The molecule has 0 aromatic carbocycles. The number of nitrogens with two attached hydrogens (primary N) is 1. The normalized spacial score (nSPS) is 20.2. The molecule has 1 aliphatic rings. The minimum Gasteiger partial charge on any atom is -0.368 e. The van der Waals surface area contributed by atoms with Crippen LogP contribution in [-0.2, 0) is 4.79 Å².